The molecule has 0 unspecified atom stereocenters. The van der Waals surface area contributed by atoms with Gasteiger partial charge in [-0.1, -0.05) is 11.6 Å². The third kappa shape index (κ3) is 3.25. The molecule has 0 bridgehead atoms. The molecule has 1 saturated heterocycles. The largest absolute Gasteiger partial charge is 0.331 e. The molecule has 2 aromatic rings. The maximum absolute atomic E-state index is 12.6. The fourth-order valence-electron chi connectivity index (χ4n) is 2.84. The van der Waals surface area contributed by atoms with Crippen LogP contribution < -0.4 is 5.32 Å². The van der Waals surface area contributed by atoms with Crippen LogP contribution in [0.15, 0.2) is 36.7 Å². The van der Waals surface area contributed by atoms with E-state index in [1.807, 2.05) is 36.1 Å². The van der Waals surface area contributed by atoms with Crippen molar-refractivity contribution in [1.82, 2.24) is 15.2 Å². The number of halogens is 1. The lowest BCUT2D eigenvalue weighted by Crippen LogP contribution is -2.40. The summed E-state index contributed by atoms with van der Waals surface area (Å²) in [6, 6.07) is 7.88. The molecule has 116 valence electrons. The van der Waals surface area contributed by atoms with E-state index in [0.717, 1.165) is 34.2 Å². The molecule has 3 rings (SSSR count). The van der Waals surface area contributed by atoms with Crippen LogP contribution in [0.25, 0.3) is 0 Å². The number of carbonyl (C=O) groups excluding carboxylic acids is 1. The summed E-state index contributed by atoms with van der Waals surface area (Å²) in [6.45, 7) is 2.77. The smallest absolute Gasteiger partial charge is 0.318 e. The summed E-state index contributed by atoms with van der Waals surface area (Å²) in [5, 5.41) is 3.07. The van der Waals surface area contributed by atoms with Gasteiger partial charge in [-0.3, -0.25) is 4.98 Å². The Kier molecular flexibility index (Phi) is 4.64. The lowest BCUT2D eigenvalue weighted by molar-refractivity contribution is 0.190. The Bertz CT molecular complexity index is 646. The van der Waals surface area contributed by atoms with Crippen LogP contribution in [-0.4, -0.2) is 22.5 Å². The molecule has 1 aliphatic rings. The number of hydrogen-bond acceptors (Lipinski definition) is 3. The van der Waals surface area contributed by atoms with Crippen LogP contribution >= 0.6 is 22.9 Å². The summed E-state index contributed by atoms with van der Waals surface area (Å²) in [4.78, 5) is 19.6. The first-order valence-corrected chi connectivity index (χ1v) is 8.57. The first-order chi connectivity index (χ1) is 10.6. The minimum Gasteiger partial charge on any atom is -0.331 e. The summed E-state index contributed by atoms with van der Waals surface area (Å²) in [7, 11) is 0. The van der Waals surface area contributed by atoms with Crippen molar-refractivity contribution in [2.24, 2.45) is 0 Å². The van der Waals surface area contributed by atoms with Crippen molar-refractivity contribution in [3.63, 3.8) is 0 Å². The lowest BCUT2D eigenvalue weighted by Gasteiger charge is -2.26. The van der Waals surface area contributed by atoms with Crippen molar-refractivity contribution in [3.8, 4) is 0 Å². The molecule has 2 aromatic heterocycles. The number of hydrogen-bond donors (Lipinski definition) is 1. The molecule has 3 heterocycles. The highest BCUT2D eigenvalue weighted by Gasteiger charge is 2.30. The summed E-state index contributed by atoms with van der Waals surface area (Å²) < 4.78 is 0.743. The van der Waals surface area contributed by atoms with Gasteiger partial charge in [0.2, 0.25) is 0 Å². The van der Waals surface area contributed by atoms with E-state index in [0.29, 0.717) is 0 Å². The Labute approximate surface area is 139 Å². The zero-order chi connectivity index (χ0) is 15.5. The number of amides is 2. The SMILES string of the molecule is C[C@@H](NC(=O)N1CCC[C@H]1c1ccncc1)c1ccc(Cl)s1. The van der Waals surface area contributed by atoms with Crippen molar-refractivity contribution in [1.29, 1.82) is 0 Å². The average molecular weight is 336 g/mol. The van der Waals surface area contributed by atoms with Crippen LogP contribution in [0.1, 0.15) is 42.3 Å². The first-order valence-electron chi connectivity index (χ1n) is 7.37. The van der Waals surface area contributed by atoms with Crippen LogP contribution in [0.3, 0.4) is 0 Å². The molecular formula is C16H18ClN3OS. The Morgan fingerprint density at radius 1 is 1.41 bits per heavy atom. The van der Waals surface area contributed by atoms with Crippen LogP contribution in [0.5, 0.6) is 0 Å². The van der Waals surface area contributed by atoms with E-state index in [1.165, 1.54) is 11.3 Å². The van der Waals surface area contributed by atoms with E-state index in [-0.39, 0.29) is 18.1 Å². The average Bonchev–Trinajstić information content (AvgIpc) is 3.16. The van der Waals surface area contributed by atoms with Crippen LogP contribution in [0, 0.1) is 0 Å². The topological polar surface area (TPSA) is 45.2 Å². The lowest BCUT2D eigenvalue weighted by atomic mass is 10.1. The number of carbonyl (C=O) groups is 1. The molecule has 0 aliphatic carbocycles. The van der Waals surface area contributed by atoms with Gasteiger partial charge in [-0.05, 0) is 49.6 Å². The molecule has 1 aliphatic heterocycles. The minimum atomic E-state index is -0.0382. The number of thiophene rings is 1. The fraction of sp³-hybridized carbons (Fsp3) is 0.375. The van der Waals surface area contributed by atoms with Gasteiger partial charge in [0, 0.05) is 23.8 Å². The Balaban J connectivity index is 1.69. The van der Waals surface area contributed by atoms with Crippen molar-refractivity contribution in [2.75, 3.05) is 6.54 Å². The predicted octanol–water partition coefficient (Wildman–Crippen LogP) is 4.40. The highest BCUT2D eigenvalue weighted by atomic mass is 35.5. The maximum Gasteiger partial charge on any atom is 0.318 e. The van der Waals surface area contributed by atoms with Crippen molar-refractivity contribution < 1.29 is 4.79 Å². The molecule has 1 fully saturated rings. The normalized spacial score (nSPS) is 19.2. The van der Waals surface area contributed by atoms with E-state index in [2.05, 4.69) is 10.3 Å². The van der Waals surface area contributed by atoms with Gasteiger partial charge < -0.3 is 10.2 Å². The third-order valence-corrected chi connectivity index (χ3v) is 5.38. The standard InChI is InChI=1S/C16H18ClN3OS/c1-11(14-4-5-15(17)22-14)19-16(21)20-10-2-3-13(20)12-6-8-18-9-7-12/h4-9,11,13H,2-3,10H2,1H3,(H,19,21)/t11-,13+/m1/s1. The Morgan fingerprint density at radius 3 is 2.86 bits per heavy atom. The number of pyridine rings is 1. The monoisotopic (exact) mass is 335 g/mol. The summed E-state index contributed by atoms with van der Waals surface area (Å²) in [5.41, 5.74) is 1.15. The second-order valence-corrected chi connectivity index (χ2v) is 7.19. The molecule has 0 saturated carbocycles. The third-order valence-electron chi connectivity index (χ3n) is 3.97. The van der Waals surface area contributed by atoms with Gasteiger partial charge in [-0.25, -0.2) is 4.79 Å². The second-order valence-electron chi connectivity index (χ2n) is 5.45. The van der Waals surface area contributed by atoms with Crippen molar-refractivity contribution in [2.45, 2.75) is 31.8 Å². The van der Waals surface area contributed by atoms with Crippen molar-refractivity contribution >= 4 is 29.0 Å². The van der Waals surface area contributed by atoms with E-state index < -0.39 is 0 Å². The number of likely N-dealkylation sites (tertiary alicyclic amines) is 1. The van der Waals surface area contributed by atoms with Crippen LogP contribution in [0.2, 0.25) is 4.34 Å². The molecule has 0 radical (unpaired) electrons. The summed E-state index contributed by atoms with van der Waals surface area (Å²) >= 11 is 7.46. The van der Waals surface area contributed by atoms with Gasteiger partial charge in [0.05, 0.1) is 16.4 Å². The molecule has 1 N–H and O–H groups in total. The molecular weight excluding hydrogens is 318 g/mol. The Morgan fingerprint density at radius 2 is 2.18 bits per heavy atom. The van der Waals surface area contributed by atoms with E-state index >= 15 is 0 Å². The van der Waals surface area contributed by atoms with Gasteiger partial charge in [0.1, 0.15) is 0 Å². The fourth-order valence-corrected chi connectivity index (χ4v) is 3.91. The van der Waals surface area contributed by atoms with E-state index in [4.69, 9.17) is 11.6 Å². The molecule has 6 heteroatoms. The zero-order valence-corrected chi connectivity index (χ0v) is 13.9. The first kappa shape index (κ1) is 15.3. The molecule has 4 nitrogen and oxygen atoms in total. The number of urea groups is 1. The van der Waals surface area contributed by atoms with Gasteiger partial charge in [-0.15, -0.1) is 11.3 Å². The van der Waals surface area contributed by atoms with E-state index in [1.54, 1.807) is 12.4 Å². The molecule has 0 aromatic carbocycles. The quantitative estimate of drug-likeness (QED) is 0.903. The molecule has 2 amide bonds. The Hall–Kier alpha value is -1.59. The number of nitrogens with one attached hydrogen (secondary N) is 1. The predicted molar refractivity (Wildman–Crippen MR) is 89.2 cm³/mol. The van der Waals surface area contributed by atoms with Gasteiger partial charge in [0.25, 0.3) is 0 Å². The number of aromatic nitrogens is 1. The van der Waals surface area contributed by atoms with Gasteiger partial charge in [0.15, 0.2) is 0 Å². The molecule has 2 atom stereocenters. The van der Waals surface area contributed by atoms with Crippen molar-refractivity contribution in [3.05, 3.63) is 51.4 Å². The molecule has 22 heavy (non-hydrogen) atoms. The summed E-state index contributed by atoms with van der Waals surface area (Å²) in [6.07, 6.45) is 5.58. The van der Waals surface area contributed by atoms with Crippen LogP contribution in [-0.2, 0) is 0 Å². The number of nitrogens with zero attached hydrogens (tertiary/aromatic N) is 2. The zero-order valence-electron chi connectivity index (χ0n) is 12.3. The second kappa shape index (κ2) is 6.67. The highest BCUT2D eigenvalue weighted by molar-refractivity contribution is 7.16. The maximum atomic E-state index is 12.6. The summed E-state index contributed by atoms with van der Waals surface area (Å²) in [5.74, 6) is 0. The van der Waals surface area contributed by atoms with Gasteiger partial charge >= 0.3 is 6.03 Å². The van der Waals surface area contributed by atoms with Crippen LogP contribution in [0.4, 0.5) is 4.79 Å². The van der Waals surface area contributed by atoms with E-state index in [9.17, 15) is 4.79 Å². The minimum absolute atomic E-state index is 0.0173. The van der Waals surface area contributed by atoms with Gasteiger partial charge in [-0.2, -0.15) is 0 Å². The number of rotatable bonds is 3. The highest BCUT2D eigenvalue weighted by Crippen LogP contribution is 2.32. The molecule has 0 spiro atoms.